The van der Waals surface area contributed by atoms with E-state index >= 15 is 0 Å². The highest BCUT2D eigenvalue weighted by Crippen LogP contribution is 2.27. The Morgan fingerprint density at radius 2 is 2.10 bits per heavy atom. The standard InChI is InChI=1S/C18H22N2O/c1-13(15-6-4-8-17(11-15)21-2)20-12-16-7-3-5-14-9-10-19-18(14)16/h3-8,11,13,19-20H,9-10,12H2,1-2H3/t13-/m1/s1. The van der Waals surface area contributed by atoms with Crippen molar-refractivity contribution in [1.82, 2.24) is 5.32 Å². The topological polar surface area (TPSA) is 33.3 Å². The summed E-state index contributed by atoms with van der Waals surface area (Å²) in [5, 5.41) is 7.09. The SMILES string of the molecule is COc1cccc([C@@H](C)NCc2cccc3c2NCC3)c1. The second-order valence-electron chi connectivity index (χ2n) is 5.51. The Bertz CT molecular complexity index is 624. The molecule has 0 amide bonds. The van der Waals surface area contributed by atoms with Crippen molar-refractivity contribution in [2.45, 2.75) is 25.9 Å². The molecule has 2 aromatic carbocycles. The van der Waals surface area contributed by atoms with Crippen LogP contribution in [0.15, 0.2) is 42.5 Å². The zero-order valence-corrected chi connectivity index (χ0v) is 12.6. The van der Waals surface area contributed by atoms with Gasteiger partial charge in [-0.05, 0) is 42.2 Å². The predicted molar refractivity (Wildman–Crippen MR) is 86.9 cm³/mol. The molecule has 1 heterocycles. The van der Waals surface area contributed by atoms with Gasteiger partial charge in [-0.2, -0.15) is 0 Å². The molecular weight excluding hydrogens is 260 g/mol. The quantitative estimate of drug-likeness (QED) is 0.880. The van der Waals surface area contributed by atoms with Gasteiger partial charge in [0.25, 0.3) is 0 Å². The highest BCUT2D eigenvalue weighted by molar-refractivity contribution is 5.61. The summed E-state index contributed by atoms with van der Waals surface area (Å²) in [4.78, 5) is 0. The van der Waals surface area contributed by atoms with Gasteiger partial charge < -0.3 is 15.4 Å². The molecule has 21 heavy (non-hydrogen) atoms. The second kappa shape index (κ2) is 6.19. The summed E-state index contributed by atoms with van der Waals surface area (Å²) in [6, 6.07) is 15.1. The first-order chi connectivity index (χ1) is 10.3. The largest absolute Gasteiger partial charge is 0.497 e. The average molecular weight is 282 g/mol. The molecule has 0 bridgehead atoms. The fourth-order valence-electron chi connectivity index (χ4n) is 2.85. The number of rotatable bonds is 5. The van der Waals surface area contributed by atoms with Gasteiger partial charge in [0.1, 0.15) is 5.75 Å². The van der Waals surface area contributed by atoms with Crippen LogP contribution in [0.2, 0.25) is 0 Å². The third-order valence-corrected chi connectivity index (χ3v) is 4.13. The van der Waals surface area contributed by atoms with Gasteiger partial charge in [0.15, 0.2) is 0 Å². The van der Waals surface area contributed by atoms with Crippen LogP contribution in [0.1, 0.15) is 29.7 Å². The Hall–Kier alpha value is -2.00. The van der Waals surface area contributed by atoms with E-state index in [9.17, 15) is 0 Å². The molecule has 3 nitrogen and oxygen atoms in total. The molecule has 0 saturated carbocycles. The van der Waals surface area contributed by atoms with Crippen molar-refractivity contribution in [3.8, 4) is 5.75 Å². The third-order valence-electron chi connectivity index (χ3n) is 4.13. The Kier molecular flexibility index (Phi) is 4.11. The van der Waals surface area contributed by atoms with Crippen LogP contribution in [0.4, 0.5) is 5.69 Å². The average Bonchev–Trinajstić information content (AvgIpc) is 3.01. The number of hydrogen-bond donors (Lipinski definition) is 2. The molecule has 0 radical (unpaired) electrons. The van der Waals surface area contributed by atoms with E-state index < -0.39 is 0 Å². The molecule has 0 aliphatic carbocycles. The monoisotopic (exact) mass is 282 g/mol. The van der Waals surface area contributed by atoms with E-state index in [0.29, 0.717) is 0 Å². The summed E-state index contributed by atoms with van der Waals surface area (Å²) in [6.45, 7) is 4.11. The minimum absolute atomic E-state index is 0.289. The van der Waals surface area contributed by atoms with Crippen molar-refractivity contribution < 1.29 is 4.74 Å². The van der Waals surface area contributed by atoms with Crippen molar-refractivity contribution in [3.05, 3.63) is 59.2 Å². The van der Waals surface area contributed by atoms with Crippen LogP contribution in [0, 0.1) is 0 Å². The lowest BCUT2D eigenvalue weighted by Crippen LogP contribution is -2.18. The molecule has 0 unspecified atom stereocenters. The molecule has 110 valence electrons. The van der Waals surface area contributed by atoms with Crippen molar-refractivity contribution in [2.24, 2.45) is 0 Å². The molecule has 3 heteroatoms. The first-order valence-electron chi connectivity index (χ1n) is 7.50. The van der Waals surface area contributed by atoms with Gasteiger partial charge >= 0.3 is 0 Å². The molecule has 2 N–H and O–H groups in total. The van der Waals surface area contributed by atoms with Crippen LogP contribution in [0.25, 0.3) is 0 Å². The summed E-state index contributed by atoms with van der Waals surface area (Å²) in [5.41, 5.74) is 5.35. The predicted octanol–water partition coefficient (Wildman–Crippen LogP) is 3.51. The summed E-state index contributed by atoms with van der Waals surface area (Å²) < 4.78 is 5.29. The fourth-order valence-corrected chi connectivity index (χ4v) is 2.85. The maximum Gasteiger partial charge on any atom is 0.119 e. The van der Waals surface area contributed by atoms with Gasteiger partial charge in [0.05, 0.1) is 7.11 Å². The Morgan fingerprint density at radius 3 is 2.95 bits per heavy atom. The van der Waals surface area contributed by atoms with Crippen LogP contribution >= 0.6 is 0 Å². The van der Waals surface area contributed by atoms with Crippen LogP contribution in [-0.2, 0) is 13.0 Å². The lowest BCUT2D eigenvalue weighted by Gasteiger charge is -2.17. The van der Waals surface area contributed by atoms with E-state index in [2.05, 4.69) is 47.9 Å². The van der Waals surface area contributed by atoms with E-state index in [1.807, 2.05) is 12.1 Å². The minimum Gasteiger partial charge on any atom is -0.497 e. The van der Waals surface area contributed by atoms with Crippen molar-refractivity contribution in [3.63, 3.8) is 0 Å². The van der Waals surface area contributed by atoms with Gasteiger partial charge in [-0.1, -0.05) is 30.3 Å². The molecule has 3 rings (SSSR count). The lowest BCUT2D eigenvalue weighted by molar-refractivity contribution is 0.413. The first kappa shape index (κ1) is 14.0. The summed E-state index contributed by atoms with van der Waals surface area (Å²) in [7, 11) is 1.70. The van der Waals surface area contributed by atoms with E-state index in [0.717, 1.165) is 25.3 Å². The van der Waals surface area contributed by atoms with E-state index in [1.165, 1.54) is 22.4 Å². The number of benzene rings is 2. The molecule has 0 saturated heterocycles. The lowest BCUT2D eigenvalue weighted by atomic mass is 10.1. The highest BCUT2D eigenvalue weighted by Gasteiger charge is 2.14. The zero-order chi connectivity index (χ0) is 14.7. The minimum atomic E-state index is 0.289. The van der Waals surface area contributed by atoms with Gasteiger partial charge in [-0.3, -0.25) is 0 Å². The molecule has 1 aliphatic rings. The Balaban J connectivity index is 1.68. The first-order valence-corrected chi connectivity index (χ1v) is 7.50. The normalized spacial score (nSPS) is 14.4. The molecule has 0 aromatic heterocycles. The molecule has 1 atom stereocenters. The van der Waals surface area contributed by atoms with Crippen LogP contribution < -0.4 is 15.4 Å². The summed E-state index contributed by atoms with van der Waals surface area (Å²) >= 11 is 0. The van der Waals surface area contributed by atoms with E-state index in [1.54, 1.807) is 7.11 Å². The number of hydrogen-bond acceptors (Lipinski definition) is 3. The summed E-state index contributed by atoms with van der Waals surface area (Å²) in [6.07, 6.45) is 1.13. The number of anilines is 1. The smallest absolute Gasteiger partial charge is 0.119 e. The van der Waals surface area contributed by atoms with E-state index in [-0.39, 0.29) is 6.04 Å². The highest BCUT2D eigenvalue weighted by atomic mass is 16.5. The molecular formula is C18H22N2O. The van der Waals surface area contributed by atoms with Crippen LogP contribution in [-0.4, -0.2) is 13.7 Å². The molecule has 0 fully saturated rings. The molecule has 2 aromatic rings. The molecule has 0 spiro atoms. The van der Waals surface area contributed by atoms with Crippen molar-refractivity contribution in [2.75, 3.05) is 19.0 Å². The van der Waals surface area contributed by atoms with Gasteiger partial charge in [0, 0.05) is 24.8 Å². The number of ether oxygens (including phenoxy) is 1. The fraction of sp³-hybridized carbons (Fsp3) is 0.333. The van der Waals surface area contributed by atoms with Gasteiger partial charge in [-0.25, -0.2) is 0 Å². The van der Waals surface area contributed by atoms with Crippen molar-refractivity contribution in [1.29, 1.82) is 0 Å². The van der Waals surface area contributed by atoms with E-state index in [4.69, 9.17) is 4.74 Å². The summed E-state index contributed by atoms with van der Waals surface area (Å²) in [5.74, 6) is 0.906. The zero-order valence-electron chi connectivity index (χ0n) is 12.6. The number of fused-ring (bicyclic) bond motifs is 1. The Labute approximate surface area is 126 Å². The number of nitrogens with one attached hydrogen (secondary N) is 2. The van der Waals surface area contributed by atoms with Crippen molar-refractivity contribution >= 4 is 5.69 Å². The third kappa shape index (κ3) is 3.03. The second-order valence-corrected chi connectivity index (χ2v) is 5.51. The maximum absolute atomic E-state index is 5.29. The van der Waals surface area contributed by atoms with Gasteiger partial charge in [0.2, 0.25) is 0 Å². The Morgan fingerprint density at radius 1 is 1.24 bits per heavy atom. The number of para-hydroxylation sites is 1. The van der Waals surface area contributed by atoms with Gasteiger partial charge in [-0.15, -0.1) is 0 Å². The van der Waals surface area contributed by atoms with Crippen LogP contribution in [0.5, 0.6) is 5.75 Å². The maximum atomic E-state index is 5.29. The molecule has 1 aliphatic heterocycles. The van der Waals surface area contributed by atoms with Crippen LogP contribution in [0.3, 0.4) is 0 Å². The number of methoxy groups -OCH3 is 1.